The van der Waals surface area contributed by atoms with Crippen LogP contribution >= 0.6 is 0 Å². The summed E-state index contributed by atoms with van der Waals surface area (Å²) in [7, 11) is 0. The number of rotatable bonds is 1. The summed E-state index contributed by atoms with van der Waals surface area (Å²) in [6, 6.07) is 7.35. The monoisotopic (exact) mass is 266 g/mol. The van der Waals surface area contributed by atoms with Gasteiger partial charge in [-0.25, -0.2) is 4.79 Å². The van der Waals surface area contributed by atoms with E-state index in [1.807, 2.05) is 18.2 Å². The van der Waals surface area contributed by atoms with E-state index in [4.69, 9.17) is 0 Å². The molecule has 0 amide bonds. The van der Waals surface area contributed by atoms with Gasteiger partial charge in [-0.3, -0.25) is 15.6 Å². The van der Waals surface area contributed by atoms with Crippen molar-refractivity contribution in [2.45, 2.75) is 0 Å². The van der Waals surface area contributed by atoms with Crippen molar-refractivity contribution in [2.75, 3.05) is 0 Å². The van der Waals surface area contributed by atoms with Gasteiger partial charge in [0.2, 0.25) is 0 Å². The Labute approximate surface area is 114 Å². The molecule has 0 fully saturated rings. The number of nitrogens with one attached hydrogen (secondary N) is 2. The van der Waals surface area contributed by atoms with Crippen LogP contribution in [0.4, 0.5) is 0 Å². The second-order valence-electron chi connectivity index (χ2n) is 4.88. The summed E-state index contributed by atoms with van der Waals surface area (Å²) in [5.41, 5.74) is 9.56. The lowest BCUT2D eigenvalue weighted by Gasteiger charge is -2.25. The van der Waals surface area contributed by atoms with Crippen molar-refractivity contribution < 1.29 is 14.7 Å². The number of Topliss-reactive ketones (excluding diaryl/α,β-unsaturated/α-hetero) is 1. The van der Waals surface area contributed by atoms with Crippen LogP contribution in [0.15, 0.2) is 53.3 Å². The number of carbonyl (C=O) groups is 2. The van der Waals surface area contributed by atoms with E-state index in [0.29, 0.717) is 11.3 Å². The average molecular weight is 266 g/mol. The molecule has 0 spiro atoms. The first kappa shape index (κ1) is 11.0. The minimum atomic E-state index is -1.01. The number of allylic oxidation sites excluding steroid dienone is 2. The Bertz CT molecular complexity index is 771. The van der Waals surface area contributed by atoms with E-state index in [9.17, 15) is 14.7 Å². The first-order chi connectivity index (χ1) is 9.68. The van der Waals surface area contributed by atoms with Crippen LogP contribution in [-0.2, 0) is 4.79 Å². The fourth-order valence-electron chi connectivity index (χ4n) is 2.97. The molecule has 1 heterocycles. The van der Waals surface area contributed by atoms with E-state index in [1.54, 1.807) is 12.1 Å². The minimum Gasteiger partial charge on any atom is -0.478 e. The van der Waals surface area contributed by atoms with Crippen LogP contribution in [0.3, 0.4) is 0 Å². The molecule has 4 rings (SSSR count). The predicted molar refractivity (Wildman–Crippen MR) is 71.3 cm³/mol. The lowest BCUT2D eigenvalue weighted by molar-refractivity contribution is -0.132. The number of benzene rings is 1. The highest BCUT2D eigenvalue weighted by Gasteiger charge is 2.40. The van der Waals surface area contributed by atoms with Gasteiger partial charge < -0.3 is 5.11 Å². The van der Waals surface area contributed by atoms with E-state index >= 15 is 0 Å². The predicted octanol–water partition coefficient (Wildman–Crippen LogP) is 1.23. The number of carboxylic acid groups (broad SMARTS) is 1. The number of hydrogen-bond acceptors (Lipinski definition) is 4. The molecule has 1 atom stereocenters. The maximum atomic E-state index is 12.5. The second-order valence-corrected chi connectivity index (χ2v) is 4.88. The molecule has 0 aromatic heterocycles. The first-order valence-electron chi connectivity index (χ1n) is 6.24. The van der Waals surface area contributed by atoms with Crippen molar-refractivity contribution in [2.24, 2.45) is 5.92 Å². The van der Waals surface area contributed by atoms with Crippen LogP contribution in [0.1, 0.15) is 15.9 Å². The summed E-state index contributed by atoms with van der Waals surface area (Å²) in [5.74, 6) is -1.42. The van der Waals surface area contributed by atoms with Crippen LogP contribution in [0, 0.1) is 5.92 Å². The van der Waals surface area contributed by atoms with Crippen molar-refractivity contribution in [1.29, 1.82) is 0 Å². The third-order valence-electron chi connectivity index (χ3n) is 3.86. The van der Waals surface area contributed by atoms with Crippen LogP contribution in [-0.4, -0.2) is 16.9 Å². The molecule has 0 radical (unpaired) electrons. The lowest BCUT2D eigenvalue weighted by atomic mass is 9.76. The highest BCUT2D eigenvalue weighted by molar-refractivity contribution is 6.11. The van der Waals surface area contributed by atoms with Crippen LogP contribution in [0.5, 0.6) is 0 Å². The fraction of sp³-hybridized carbons (Fsp3) is 0.0667. The fourth-order valence-corrected chi connectivity index (χ4v) is 2.97. The summed E-state index contributed by atoms with van der Waals surface area (Å²) < 4.78 is 0. The van der Waals surface area contributed by atoms with Gasteiger partial charge in [-0.05, 0) is 6.08 Å². The summed E-state index contributed by atoms with van der Waals surface area (Å²) >= 11 is 0. The molecule has 1 aromatic carbocycles. The van der Waals surface area contributed by atoms with Gasteiger partial charge in [0.15, 0.2) is 5.78 Å². The van der Waals surface area contributed by atoms with Crippen molar-refractivity contribution in [3.8, 4) is 0 Å². The van der Waals surface area contributed by atoms with Crippen molar-refractivity contribution in [1.82, 2.24) is 10.9 Å². The number of aliphatic carboxylic acids is 1. The Kier molecular flexibility index (Phi) is 1.99. The van der Waals surface area contributed by atoms with Crippen LogP contribution < -0.4 is 10.9 Å². The molecule has 5 heteroatoms. The Hall–Kier alpha value is -2.82. The maximum Gasteiger partial charge on any atom is 0.337 e. The van der Waals surface area contributed by atoms with Crippen molar-refractivity contribution >= 4 is 17.4 Å². The largest absolute Gasteiger partial charge is 0.478 e. The number of ketones is 1. The highest BCUT2D eigenvalue weighted by atomic mass is 16.4. The third-order valence-corrected chi connectivity index (χ3v) is 3.86. The quantitative estimate of drug-likeness (QED) is 0.712. The standard InChI is InChI=1S/C15H10N2O3/c18-14-8-4-2-1-3-7(8)12-11-9(14)5-6-10(15(19)20)13(11)17-16-12/h1-6,9,16-17H,(H,19,20). The zero-order chi connectivity index (χ0) is 13.9. The molecule has 98 valence electrons. The lowest BCUT2D eigenvalue weighted by Crippen LogP contribution is -2.26. The molecule has 1 unspecified atom stereocenters. The van der Waals surface area contributed by atoms with Gasteiger partial charge in [0, 0.05) is 16.7 Å². The first-order valence-corrected chi connectivity index (χ1v) is 6.24. The SMILES string of the molecule is O=C(O)C1=C2NNC3=C2C(C=C1)C(=O)c1ccccc13. The number of hydrogen-bond donors (Lipinski definition) is 3. The third kappa shape index (κ3) is 1.21. The topological polar surface area (TPSA) is 78.4 Å². The summed E-state index contributed by atoms with van der Waals surface area (Å²) in [4.78, 5) is 23.8. The zero-order valence-corrected chi connectivity index (χ0v) is 10.3. The van der Waals surface area contributed by atoms with E-state index in [0.717, 1.165) is 16.8 Å². The molecule has 3 aliphatic rings. The van der Waals surface area contributed by atoms with Gasteiger partial charge in [-0.15, -0.1) is 0 Å². The van der Waals surface area contributed by atoms with Gasteiger partial charge in [-0.2, -0.15) is 0 Å². The van der Waals surface area contributed by atoms with Gasteiger partial charge in [0.1, 0.15) is 0 Å². The molecule has 2 aliphatic carbocycles. The molecular weight excluding hydrogens is 256 g/mol. The Balaban J connectivity index is 2.03. The smallest absolute Gasteiger partial charge is 0.337 e. The number of carbonyl (C=O) groups excluding carboxylic acids is 1. The Morgan fingerprint density at radius 3 is 2.55 bits per heavy atom. The molecule has 0 saturated heterocycles. The summed E-state index contributed by atoms with van der Waals surface area (Å²) in [5, 5.41) is 9.23. The molecule has 1 aromatic rings. The number of carboxylic acids is 1. The van der Waals surface area contributed by atoms with Crippen LogP contribution in [0.25, 0.3) is 5.70 Å². The van der Waals surface area contributed by atoms with E-state index in [2.05, 4.69) is 10.9 Å². The zero-order valence-electron chi connectivity index (χ0n) is 10.3. The van der Waals surface area contributed by atoms with Crippen molar-refractivity contribution in [3.63, 3.8) is 0 Å². The van der Waals surface area contributed by atoms with Gasteiger partial charge in [0.05, 0.1) is 22.9 Å². The maximum absolute atomic E-state index is 12.5. The van der Waals surface area contributed by atoms with E-state index in [-0.39, 0.29) is 11.4 Å². The number of hydrazine groups is 1. The van der Waals surface area contributed by atoms with E-state index in [1.165, 1.54) is 6.08 Å². The highest BCUT2D eigenvalue weighted by Crippen LogP contribution is 2.42. The molecule has 5 nitrogen and oxygen atoms in total. The molecule has 0 bridgehead atoms. The second kappa shape index (κ2) is 3.60. The Morgan fingerprint density at radius 1 is 1.10 bits per heavy atom. The van der Waals surface area contributed by atoms with E-state index < -0.39 is 11.9 Å². The minimum absolute atomic E-state index is 0.00281. The normalized spacial score (nSPS) is 22.2. The van der Waals surface area contributed by atoms with Gasteiger partial charge in [-0.1, -0.05) is 30.3 Å². The van der Waals surface area contributed by atoms with Crippen molar-refractivity contribution in [3.05, 3.63) is 64.4 Å². The molecule has 20 heavy (non-hydrogen) atoms. The van der Waals surface area contributed by atoms with Crippen LogP contribution in [0.2, 0.25) is 0 Å². The molecule has 3 N–H and O–H groups in total. The molecule has 0 saturated carbocycles. The number of fused-ring (bicyclic) bond motifs is 2. The Morgan fingerprint density at radius 2 is 1.80 bits per heavy atom. The summed E-state index contributed by atoms with van der Waals surface area (Å²) in [6.07, 6.45) is 3.16. The van der Waals surface area contributed by atoms with Gasteiger partial charge in [0.25, 0.3) is 0 Å². The summed E-state index contributed by atoms with van der Waals surface area (Å²) in [6.45, 7) is 0. The molecular formula is C15H10N2O3. The van der Waals surface area contributed by atoms with Gasteiger partial charge >= 0.3 is 5.97 Å². The molecule has 1 aliphatic heterocycles. The average Bonchev–Trinajstić information content (AvgIpc) is 2.89.